The van der Waals surface area contributed by atoms with Crippen LogP contribution in [0.5, 0.6) is 0 Å². The van der Waals surface area contributed by atoms with Crippen LogP contribution in [0.15, 0.2) is 72.9 Å². The van der Waals surface area contributed by atoms with Crippen molar-refractivity contribution < 1.29 is 49.3 Å². The molecule has 1 fully saturated rings. The molecule has 8 atom stereocenters. The summed E-state index contributed by atoms with van der Waals surface area (Å²) >= 11 is 0. The highest BCUT2D eigenvalue weighted by molar-refractivity contribution is 5.80. The molecule has 1 amide bonds. The third-order valence-corrected chi connectivity index (χ3v) is 17.6. The zero-order valence-electron chi connectivity index (χ0n) is 57.8. The molecule has 0 spiro atoms. The quantitative estimate of drug-likeness (QED) is 0.0195. The van der Waals surface area contributed by atoms with E-state index in [-0.39, 0.29) is 19.4 Å². The number of hydrogen-bond acceptors (Lipinski definition) is 10. The fourth-order valence-electron chi connectivity index (χ4n) is 11.7. The topological polar surface area (TPSA) is 175 Å². The molecule has 0 aromatic carbocycles. The van der Waals surface area contributed by atoms with Gasteiger partial charge in [-0.1, -0.05) is 344 Å². The summed E-state index contributed by atoms with van der Waals surface area (Å²) in [6.45, 7) is 5.72. The van der Waals surface area contributed by atoms with Gasteiger partial charge < -0.3 is 45.1 Å². The minimum Gasteiger partial charge on any atom is -0.454 e. The van der Waals surface area contributed by atoms with Crippen molar-refractivity contribution in [3.05, 3.63) is 72.9 Å². The van der Waals surface area contributed by atoms with Crippen LogP contribution in [0.3, 0.4) is 0 Å². The van der Waals surface area contributed by atoms with Crippen LogP contribution in [0.25, 0.3) is 0 Å². The molecule has 6 N–H and O–H groups in total. The first kappa shape index (κ1) is 84.1. The zero-order chi connectivity index (χ0) is 64.6. The number of aliphatic hydroxyl groups excluding tert-OH is 5. The Hall–Kier alpha value is -2.90. The predicted molar refractivity (Wildman–Crippen MR) is 375 cm³/mol. The Kier molecular flexibility index (Phi) is 61.6. The SMILES string of the molecule is CC/C=C\C/C=C\C/C=C\C/C=C\C/C=C\CCCCCCCCCCCCC(O)C(=O)NC(COC1OC(CO)C(O)C(O)C1OC(=O)CCCCCCCCCCCCCCCCCCCCCCCCC)C(O)/C=C/CCCCCCCCCCC. The van der Waals surface area contributed by atoms with Gasteiger partial charge in [0.15, 0.2) is 12.4 Å². The molecule has 1 saturated heterocycles. The molecule has 11 heteroatoms. The summed E-state index contributed by atoms with van der Waals surface area (Å²) in [6.07, 6.45) is 75.2. The third-order valence-electron chi connectivity index (χ3n) is 17.6. The molecule has 1 rings (SSSR count). The largest absolute Gasteiger partial charge is 0.454 e. The van der Waals surface area contributed by atoms with E-state index in [0.29, 0.717) is 12.8 Å². The van der Waals surface area contributed by atoms with E-state index < -0.39 is 67.4 Å². The number of unbranched alkanes of at least 4 members (excludes halogenated alkanes) is 41. The Labute approximate surface area is 547 Å². The average molecular weight is 1250 g/mol. The van der Waals surface area contributed by atoms with Crippen molar-refractivity contribution in [1.29, 1.82) is 0 Å². The van der Waals surface area contributed by atoms with Gasteiger partial charge in [0, 0.05) is 6.42 Å². The summed E-state index contributed by atoms with van der Waals surface area (Å²) in [5.41, 5.74) is 0. The Morgan fingerprint density at radius 1 is 0.449 bits per heavy atom. The second-order valence-corrected chi connectivity index (χ2v) is 26.0. The molecular weight excluding hydrogens is 1110 g/mol. The van der Waals surface area contributed by atoms with Gasteiger partial charge >= 0.3 is 5.97 Å². The Morgan fingerprint density at radius 3 is 1.21 bits per heavy atom. The molecule has 1 heterocycles. The fourth-order valence-corrected chi connectivity index (χ4v) is 11.7. The number of carbonyl (C=O) groups excluding carboxylic acids is 2. The van der Waals surface area contributed by atoms with Gasteiger partial charge in [0.05, 0.1) is 25.4 Å². The Morgan fingerprint density at radius 2 is 0.809 bits per heavy atom. The normalized spacial score (nSPS) is 18.5. The monoisotopic (exact) mass is 1250 g/mol. The Balaban J connectivity index is 2.51. The lowest BCUT2D eigenvalue weighted by molar-refractivity contribution is -0.305. The van der Waals surface area contributed by atoms with E-state index in [0.717, 1.165) is 96.3 Å². The van der Waals surface area contributed by atoms with Gasteiger partial charge in [-0.2, -0.15) is 0 Å². The summed E-state index contributed by atoms with van der Waals surface area (Å²) in [5, 5.41) is 57.3. The van der Waals surface area contributed by atoms with Gasteiger partial charge in [0.1, 0.15) is 24.4 Å². The van der Waals surface area contributed by atoms with E-state index in [9.17, 15) is 35.1 Å². The van der Waals surface area contributed by atoms with Gasteiger partial charge in [-0.05, 0) is 70.6 Å². The summed E-state index contributed by atoms with van der Waals surface area (Å²) in [7, 11) is 0. The van der Waals surface area contributed by atoms with E-state index >= 15 is 0 Å². The summed E-state index contributed by atoms with van der Waals surface area (Å²) in [5.74, 6) is -1.19. The van der Waals surface area contributed by atoms with Gasteiger partial charge in [-0.25, -0.2) is 0 Å². The molecule has 0 aromatic rings. The van der Waals surface area contributed by atoms with Crippen LogP contribution in [0.4, 0.5) is 0 Å². The number of nitrogens with one attached hydrogen (secondary N) is 1. The van der Waals surface area contributed by atoms with E-state index in [1.165, 1.54) is 205 Å². The van der Waals surface area contributed by atoms with Crippen LogP contribution in [0, 0.1) is 0 Å². The Bertz CT molecular complexity index is 1730. The smallest absolute Gasteiger partial charge is 0.306 e. The highest BCUT2D eigenvalue weighted by atomic mass is 16.7. The lowest BCUT2D eigenvalue weighted by atomic mass is 9.99. The minimum absolute atomic E-state index is 0.127. The first-order chi connectivity index (χ1) is 43.7. The number of ether oxygens (including phenoxy) is 3. The first-order valence-corrected chi connectivity index (χ1v) is 37.7. The molecule has 0 aliphatic carbocycles. The summed E-state index contributed by atoms with van der Waals surface area (Å²) in [4.78, 5) is 26.7. The van der Waals surface area contributed by atoms with E-state index in [1.54, 1.807) is 6.08 Å². The zero-order valence-corrected chi connectivity index (χ0v) is 57.8. The maximum atomic E-state index is 13.5. The minimum atomic E-state index is -1.61. The van der Waals surface area contributed by atoms with Crippen molar-refractivity contribution in [2.75, 3.05) is 13.2 Å². The van der Waals surface area contributed by atoms with Crippen LogP contribution < -0.4 is 5.32 Å². The fraction of sp³-hybridized carbons (Fsp3) is 0.821. The molecule has 518 valence electrons. The van der Waals surface area contributed by atoms with Crippen molar-refractivity contribution in [2.45, 2.75) is 397 Å². The maximum absolute atomic E-state index is 13.5. The predicted octanol–water partition coefficient (Wildman–Crippen LogP) is 19.9. The van der Waals surface area contributed by atoms with Crippen LogP contribution in [0.1, 0.15) is 348 Å². The van der Waals surface area contributed by atoms with Gasteiger partial charge in [-0.3, -0.25) is 9.59 Å². The average Bonchev–Trinajstić information content (AvgIpc) is 2.45. The van der Waals surface area contributed by atoms with Crippen molar-refractivity contribution >= 4 is 11.9 Å². The van der Waals surface area contributed by atoms with Crippen molar-refractivity contribution in [2.24, 2.45) is 0 Å². The third kappa shape index (κ3) is 52.2. The number of amides is 1. The van der Waals surface area contributed by atoms with Crippen LogP contribution >= 0.6 is 0 Å². The van der Waals surface area contributed by atoms with E-state index in [1.807, 2.05) is 6.08 Å². The maximum Gasteiger partial charge on any atom is 0.306 e. The molecule has 89 heavy (non-hydrogen) atoms. The highest BCUT2D eigenvalue weighted by Crippen LogP contribution is 2.26. The number of aliphatic hydroxyl groups is 5. The van der Waals surface area contributed by atoms with E-state index in [4.69, 9.17) is 14.2 Å². The molecule has 0 radical (unpaired) electrons. The molecule has 8 unspecified atom stereocenters. The first-order valence-electron chi connectivity index (χ1n) is 37.7. The lowest BCUT2D eigenvalue weighted by Crippen LogP contribution is -2.61. The summed E-state index contributed by atoms with van der Waals surface area (Å²) < 4.78 is 17.7. The molecule has 0 saturated carbocycles. The van der Waals surface area contributed by atoms with Gasteiger partial charge in [0.2, 0.25) is 5.91 Å². The lowest BCUT2D eigenvalue weighted by Gasteiger charge is -2.41. The number of carbonyl (C=O) groups is 2. The number of rotatable bonds is 65. The molecule has 1 aliphatic rings. The molecule has 11 nitrogen and oxygen atoms in total. The van der Waals surface area contributed by atoms with E-state index in [2.05, 4.69) is 86.8 Å². The molecule has 0 aromatic heterocycles. The van der Waals surface area contributed by atoms with Crippen molar-refractivity contribution in [1.82, 2.24) is 5.32 Å². The van der Waals surface area contributed by atoms with Crippen molar-refractivity contribution in [3.63, 3.8) is 0 Å². The van der Waals surface area contributed by atoms with Gasteiger partial charge in [0.25, 0.3) is 0 Å². The molecular formula is C78H141NO10. The van der Waals surface area contributed by atoms with Crippen LogP contribution in [-0.4, -0.2) is 99.6 Å². The summed E-state index contributed by atoms with van der Waals surface area (Å²) in [6, 6.07) is -1.03. The van der Waals surface area contributed by atoms with Gasteiger partial charge in [-0.15, -0.1) is 0 Å². The van der Waals surface area contributed by atoms with Crippen LogP contribution in [0.2, 0.25) is 0 Å². The standard InChI is InChI=1S/C78H141NO10/c1-4-7-10-13-16-19-22-24-26-28-30-32-34-35-36-38-39-41-43-45-47-50-53-56-59-62-65-71(82)77(86)79-69(70(81)64-61-58-55-52-49-21-18-15-12-9-6-3)68-87-78-76(75(85)74(84)72(67-80)88-78)89-73(83)66-63-60-57-54-51-48-46-44-42-40-37-33-31-29-27-25-23-20-17-14-11-8-5-2/h7,10,16,19,24,26,30,32,35-36,61,64,69-72,74-76,78,80-82,84-85H,4-6,8-9,11-15,17-18,20-23,25,27-29,31,33-34,37-60,62-63,65-68H2,1-3H3,(H,79,86)/b10-7-,19-16-,26-24-,32-30-,36-35-,64-61+. The second kappa shape index (κ2) is 65.2. The number of esters is 1. The number of allylic oxidation sites excluding steroid dienone is 11. The second-order valence-electron chi connectivity index (χ2n) is 26.0. The van der Waals surface area contributed by atoms with Crippen molar-refractivity contribution in [3.8, 4) is 0 Å². The molecule has 1 aliphatic heterocycles. The number of hydrogen-bond donors (Lipinski definition) is 6. The highest BCUT2D eigenvalue weighted by Gasteiger charge is 2.47. The van der Waals surface area contributed by atoms with Crippen LogP contribution in [-0.2, 0) is 23.8 Å². The molecule has 0 bridgehead atoms.